The molecule has 0 aromatic heterocycles. The van der Waals surface area contributed by atoms with Crippen molar-refractivity contribution < 1.29 is 0 Å². The van der Waals surface area contributed by atoms with Crippen LogP contribution < -0.4 is 10.6 Å². The van der Waals surface area contributed by atoms with Crippen molar-refractivity contribution in [3.8, 4) is 0 Å². The summed E-state index contributed by atoms with van der Waals surface area (Å²) in [6.07, 6.45) is 15.3. The van der Waals surface area contributed by atoms with Gasteiger partial charge in [0.1, 0.15) is 0 Å². The molecule has 8 atom stereocenters. The van der Waals surface area contributed by atoms with Crippen LogP contribution in [0.4, 0.5) is 0 Å². The summed E-state index contributed by atoms with van der Waals surface area (Å²) in [5.41, 5.74) is 13.5. The summed E-state index contributed by atoms with van der Waals surface area (Å²) in [6, 6.07) is 27.6. The fourth-order valence-electron chi connectivity index (χ4n) is 10.1. The third-order valence-electron chi connectivity index (χ3n) is 12.5. The normalized spacial score (nSPS) is 31.0. The molecule has 3 aromatic carbocycles. The van der Waals surface area contributed by atoms with Crippen LogP contribution in [0.25, 0.3) is 0 Å². The molecule has 4 aliphatic rings. The first-order valence-electron chi connectivity index (χ1n) is 19.1. The predicted octanol–water partition coefficient (Wildman–Crippen LogP) is 13.4. The summed E-state index contributed by atoms with van der Waals surface area (Å²) in [4.78, 5) is 0. The van der Waals surface area contributed by atoms with E-state index in [0.717, 1.165) is 22.6 Å². The maximum absolute atomic E-state index is 2.88. The maximum Gasteiger partial charge on any atom is 0.0161 e. The van der Waals surface area contributed by atoms with E-state index in [4.69, 9.17) is 0 Å². The highest BCUT2D eigenvalue weighted by atomic mass is 31.1. The average molecular weight is 701 g/mol. The van der Waals surface area contributed by atoms with Crippen LogP contribution >= 0.6 is 31.7 Å². The lowest BCUT2D eigenvalue weighted by atomic mass is 9.98. The maximum atomic E-state index is 2.88. The Morgan fingerprint density at radius 2 is 1.06 bits per heavy atom. The molecule has 0 aliphatic carbocycles. The zero-order chi connectivity index (χ0) is 32.9. The highest BCUT2D eigenvalue weighted by Gasteiger charge is 2.48. The Morgan fingerprint density at radius 3 is 1.60 bits per heavy atom. The summed E-state index contributed by atoms with van der Waals surface area (Å²) in [7, 11) is -0.478. The van der Waals surface area contributed by atoms with Gasteiger partial charge in [0, 0.05) is 11.3 Å². The smallest absolute Gasteiger partial charge is 0.0161 e. The average Bonchev–Trinajstić information content (AvgIpc) is 3.86. The molecule has 4 heteroatoms. The molecule has 3 aromatic rings. The van der Waals surface area contributed by atoms with Gasteiger partial charge in [-0.2, -0.15) is 0 Å². The molecular weight excluding hydrogens is 640 g/mol. The van der Waals surface area contributed by atoms with Gasteiger partial charge in [-0.1, -0.05) is 147 Å². The van der Waals surface area contributed by atoms with Crippen LogP contribution in [0.2, 0.25) is 0 Å². The lowest BCUT2D eigenvalue weighted by molar-refractivity contribution is 0.696. The van der Waals surface area contributed by atoms with E-state index in [-0.39, 0.29) is 31.7 Å². The highest BCUT2D eigenvalue weighted by Crippen LogP contribution is 2.79. The van der Waals surface area contributed by atoms with Crippen LogP contribution in [0, 0.1) is 0 Å². The van der Waals surface area contributed by atoms with Crippen molar-refractivity contribution in [3.63, 3.8) is 0 Å². The van der Waals surface area contributed by atoms with Crippen molar-refractivity contribution in [2.75, 3.05) is 0 Å². The third kappa shape index (κ3) is 6.53. The Hall–Kier alpha value is -0.620. The van der Waals surface area contributed by atoms with Crippen molar-refractivity contribution in [1.82, 2.24) is 0 Å². The molecule has 4 heterocycles. The SMILES string of the molecule is CC[C@@H]1CC[C@@H](CC)P1c1ccc(CP2Cc3ccccc3[C@@H]2[C@H]2c3ccccc3C[P@]2C(C)(C)C)cc1P1[C@H](CC)CC[C@H]1CC. The first-order chi connectivity index (χ1) is 22.8. The van der Waals surface area contributed by atoms with E-state index in [0.29, 0.717) is 16.5 Å². The summed E-state index contributed by atoms with van der Waals surface area (Å²) in [5.74, 6) is 0. The first kappa shape index (κ1) is 34.8. The zero-order valence-corrected chi connectivity index (χ0v) is 34.0. The molecule has 2 saturated heterocycles. The van der Waals surface area contributed by atoms with Crippen molar-refractivity contribution in [2.45, 2.75) is 157 Å². The monoisotopic (exact) mass is 700 g/mol. The molecule has 0 saturated carbocycles. The fraction of sp³-hybridized carbons (Fsp3) is 0.581. The van der Waals surface area contributed by atoms with Gasteiger partial charge in [-0.15, -0.1) is 0 Å². The molecule has 0 amide bonds. The number of rotatable bonds is 9. The third-order valence-corrected chi connectivity index (χ3v) is 26.9. The van der Waals surface area contributed by atoms with Gasteiger partial charge in [0.25, 0.3) is 0 Å². The summed E-state index contributed by atoms with van der Waals surface area (Å²) in [6.45, 7) is 17.6. The van der Waals surface area contributed by atoms with E-state index < -0.39 is 0 Å². The topological polar surface area (TPSA) is 0 Å². The molecule has 0 radical (unpaired) electrons. The minimum Gasteiger partial charge on any atom is -0.0890 e. The molecule has 0 N–H and O–H groups in total. The number of hydrogen-bond donors (Lipinski definition) is 0. The van der Waals surface area contributed by atoms with Gasteiger partial charge in [0.15, 0.2) is 0 Å². The summed E-state index contributed by atoms with van der Waals surface area (Å²) < 4.78 is 0. The Labute approximate surface area is 293 Å². The van der Waals surface area contributed by atoms with E-state index in [1.54, 1.807) is 27.8 Å². The standard InChI is InChI=1S/C43H60P4/c1-8-33-21-22-34(9-2)46(33)39-25-20-30(26-40(39)47-35(10-3)23-24-36(47)11-4)27-44-28-31-16-12-14-18-37(31)41(44)42-38-19-15-13-17-32(38)29-45(42)43(5,6)7/h12-20,25-26,33-36,41-42H,8-11,21-24,27-29H2,1-7H3/t33-,34-,35-,36-,41-,42-,44?,45+/m1/s1. The van der Waals surface area contributed by atoms with Crippen LogP contribution in [0.5, 0.6) is 0 Å². The number of hydrogen-bond acceptors (Lipinski definition) is 0. The molecule has 0 bridgehead atoms. The van der Waals surface area contributed by atoms with Crippen LogP contribution in [0.3, 0.4) is 0 Å². The van der Waals surface area contributed by atoms with Crippen LogP contribution in [0.1, 0.15) is 139 Å². The van der Waals surface area contributed by atoms with E-state index in [9.17, 15) is 0 Å². The fourth-order valence-corrected chi connectivity index (χ4v) is 25.4. The highest BCUT2D eigenvalue weighted by molar-refractivity contribution is 7.73. The first-order valence-corrected chi connectivity index (χ1v) is 25.5. The lowest BCUT2D eigenvalue weighted by Gasteiger charge is -2.39. The molecule has 252 valence electrons. The molecule has 1 unspecified atom stereocenters. The van der Waals surface area contributed by atoms with E-state index in [1.165, 1.54) is 69.9 Å². The molecule has 47 heavy (non-hydrogen) atoms. The molecule has 7 rings (SSSR count). The second-order valence-electron chi connectivity index (χ2n) is 16.0. The van der Waals surface area contributed by atoms with Gasteiger partial charge >= 0.3 is 0 Å². The van der Waals surface area contributed by atoms with Crippen molar-refractivity contribution in [3.05, 3.63) is 94.5 Å². The Morgan fingerprint density at radius 1 is 0.574 bits per heavy atom. The number of fused-ring (bicyclic) bond motifs is 2. The summed E-state index contributed by atoms with van der Waals surface area (Å²) >= 11 is 0. The van der Waals surface area contributed by atoms with Gasteiger partial charge in [-0.25, -0.2) is 0 Å². The van der Waals surface area contributed by atoms with Gasteiger partial charge in [-0.05, 0) is 136 Å². The van der Waals surface area contributed by atoms with Gasteiger partial charge < -0.3 is 0 Å². The molecule has 0 nitrogen and oxygen atoms in total. The lowest BCUT2D eigenvalue weighted by Crippen LogP contribution is -2.30. The second kappa shape index (κ2) is 14.5. The van der Waals surface area contributed by atoms with Gasteiger partial charge in [-0.3, -0.25) is 0 Å². The second-order valence-corrected chi connectivity index (χ2v) is 27.1. The minimum atomic E-state index is -0.190. The van der Waals surface area contributed by atoms with Crippen molar-refractivity contribution in [1.29, 1.82) is 0 Å². The zero-order valence-electron chi connectivity index (χ0n) is 30.4. The quantitative estimate of drug-likeness (QED) is 0.195. The minimum absolute atomic E-state index is 0.0580. The van der Waals surface area contributed by atoms with Crippen LogP contribution in [-0.2, 0) is 18.5 Å². The van der Waals surface area contributed by atoms with Crippen molar-refractivity contribution >= 4 is 42.3 Å². The molecule has 0 spiro atoms. The predicted molar refractivity (Wildman–Crippen MR) is 217 cm³/mol. The van der Waals surface area contributed by atoms with E-state index >= 15 is 0 Å². The van der Waals surface area contributed by atoms with E-state index in [2.05, 4.69) is 115 Å². The summed E-state index contributed by atoms with van der Waals surface area (Å²) in [5, 5.41) is 4.14. The number of benzene rings is 3. The van der Waals surface area contributed by atoms with E-state index in [1.807, 2.05) is 10.6 Å². The molecule has 2 fully saturated rings. The Balaban J connectivity index is 1.31. The van der Waals surface area contributed by atoms with Crippen molar-refractivity contribution in [2.24, 2.45) is 0 Å². The van der Waals surface area contributed by atoms with Crippen LogP contribution in [0.15, 0.2) is 66.7 Å². The largest absolute Gasteiger partial charge is 0.0890 e. The Bertz CT molecular complexity index is 1510. The molecule has 4 aliphatic heterocycles. The Kier molecular flexibility index (Phi) is 10.8. The van der Waals surface area contributed by atoms with Gasteiger partial charge in [0.2, 0.25) is 0 Å². The molecular formula is C43H60P4. The van der Waals surface area contributed by atoms with Gasteiger partial charge in [0.05, 0.1) is 0 Å². The van der Waals surface area contributed by atoms with Crippen LogP contribution in [-0.4, -0.2) is 27.8 Å².